The van der Waals surface area contributed by atoms with Crippen LogP contribution in [-0.2, 0) is 0 Å². The van der Waals surface area contributed by atoms with E-state index < -0.39 is 0 Å². The topological polar surface area (TPSA) is 59.3 Å². The van der Waals surface area contributed by atoms with Crippen molar-refractivity contribution in [3.05, 3.63) is 53.0 Å². The molecule has 0 amide bonds. The quantitative estimate of drug-likeness (QED) is 0.385. The molecule has 2 N–H and O–H groups in total. The number of hydrogen-bond acceptors (Lipinski definition) is 6. The third-order valence-electron chi connectivity index (χ3n) is 3.38. The molecule has 0 saturated carbocycles. The molecule has 0 spiro atoms. The van der Waals surface area contributed by atoms with Crippen LogP contribution >= 0.6 is 35.1 Å². The summed E-state index contributed by atoms with van der Waals surface area (Å²) in [5, 5.41) is 9.28. The number of nitrogens with one attached hydrogen (secondary N) is 2. The largest absolute Gasteiger partial charge is 0.495 e. The third-order valence-corrected chi connectivity index (χ3v) is 4.91. The van der Waals surface area contributed by atoms with Crippen molar-refractivity contribution < 1.29 is 9.26 Å². The molecule has 3 aromatic rings. The molecular formula is C17H15Cl2N3O2S. The lowest BCUT2D eigenvalue weighted by molar-refractivity contribution is 0.416. The molecular weight excluding hydrogens is 381 g/mol. The van der Waals surface area contributed by atoms with Crippen molar-refractivity contribution >= 4 is 57.6 Å². The summed E-state index contributed by atoms with van der Waals surface area (Å²) < 4.78 is 14.0. The van der Waals surface area contributed by atoms with Gasteiger partial charge in [0.05, 0.1) is 23.2 Å². The number of halogens is 2. The Hall–Kier alpha value is -2.02. The average Bonchev–Trinajstić information content (AvgIpc) is 3.01. The number of ether oxygens (including phenoxy) is 1. The number of rotatable bonds is 7. The van der Waals surface area contributed by atoms with Crippen molar-refractivity contribution in [2.24, 2.45) is 0 Å². The molecule has 5 nitrogen and oxygen atoms in total. The molecule has 0 fully saturated rings. The zero-order valence-corrected chi connectivity index (χ0v) is 15.6. The van der Waals surface area contributed by atoms with Crippen molar-refractivity contribution in [1.29, 1.82) is 0 Å². The van der Waals surface area contributed by atoms with Crippen LogP contribution in [0.4, 0.5) is 11.5 Å². The number of aromatic nitrogens is 1. The van der Waals surface area contributed by atoms with E-state index >= 15 is 0 Å². The van der Waals surface area contributed by atoms with Crippen molar-refractivity contribution in [1.82, 2.24) is 5.16 Å². The second-order valence-corrected chi connectivity index (χ2v) is 6.72. The van der Waals surface area contributed by atoms with Gasteiger partial charge in [0.15, 0.2) is 11.4 Å². The molecule has 0 aliphatic rings. The Morgan fingerprint density at radius 1 is 1.32 bits per heavy atom. The maximum atomic E-state index is 6.17. The standard InChI is InChI=1S/C17H15Cl2N3O2S/c1-3-6-20-13-9-14-11(8-15(13)23-2)17(21-24-14)22-25-16-7-10(18)4-5-12(16)19/h3-5,7-9,20H,1,6H2,2H3,(H,21,22). The highest BCUT2D eigenvalue weighted by Crippen LogP contribution is 2.36. The lowest BCUT2D eigenvalue weighted by atomic mass is 10.2. The first kappa shape index (κ1) is 17.8. The Labute approximate surface area is 159 Å². The minimum absolute atomic E-state index is 0.574. The summed E-state index contributed by atoms with van der Waals surface area (Å²) in [6.45, 7) is 4.31. The van der Waals surface area contributed by atoms with Gasteiger partial charge in [-0.25, -0.2) is 0 Å². The molecule has 1 heterocycles. The number of fused-ring (bicyclic) bond motifs is 1. The Morgan fingerprint density at radius 2 is 2.16 bits per heavy atom. The van der Waals surface area contributed by atoms with Crippen LogP contribution in [0.15, 0.2) is 52.4 Å². The van der Waals surface area contributed by atoms with Crippen molar-refractivity contribution in [2.45, 2.75) is 4.90 Å². The van der Waals surface area contributed by atoms with Crippen LogP contribution in [0.2, 0.25) is 10.0 Å². The molecule has 0 radical (unpaired) electrons. The van der Waals surface area contributed by atoms with E-state index in [4.69, 9.17) is 32.5 Å². The van der Waals surface area contributed by atoms with Gasteiger partial charge in [0.2, 0.25) is 0 Å². The molecule has 25 heavy (non-hydrogen) atoms. The summed E-state index contributed by atoms with van der Waals surface area (Å²) in [4.78, 5) is 0.793. The molecule has 1 aromatic heterocycles. The number of benzene rings is 2. The zero-order chi connectivity index (χ0) is 17.8. The average molecular weight is 396 g/mol. The van der Waals surface area contributed by atoms with Crippen molar-refractivity contribution in [3.63, 3.8) is 0 Å². The van der Waals surface area contributed by atoms with Crippen LogP contribution in [0.25, 0.3) is 11.0 Å². The van der Waals surface area contributed by atoms with Crippen LogP contribution < -0.4 is 14.8 Å². The molecule has 0 bridgehead atoms. The summed E-state index contributed by atoms with van der Waals surface area (Å²) >= 11 is 13.5. The maximum absolute atomic E-state index is 6.17. The number of anilines is 2. The summed E-state index contributed by atoms with van der Waals surface area (Å²) in [6, 6.07) is 8.96. The zero-order valence-electron chi connectivity index (χ0n) is 13.3. The summed E-state index contributed by atoms with van der Waals surface area (Å²) in [6.07, 6.45) is 1.77. The first-order chi connectivity index (χ1) is 12.1. The fraction of sp³-hybridized carbons (Fsp3) is 0.118. The van der Waals surface area contributed by atoms with Crippen LogP contribution in [0.5, 0.6) is 5.75 Å². The molecule has 0 aliphatic heterocycles. The summed E-state index contributed by atoms with van der Waals surface area (Å²) in [5.74, 6) is 1.26. The van der Waals surface area contributed by atoms with Crippen LogP contribution in [0.3, 0.4) is 0 Å². The fourth-order valence-electron chi connectivity index (χ4n) is 2.19. The van der Waals surface area contributed by atoms with Crippen LogP contribution in [0.1, 0.15) is 0 Å². The Morgan fingerprint density at radius 3 is 2.92 bits per heavy atom. The molecule has 8 heteroatoms. The molecule has 2 aromatic carbocycles. The molecule has 130 valence electrons. The third kappa shape index (κ3) is 3.98. The van der Waals surface area contributed by atoms with Crippen molar-refractivity contribution in [3.8, 4) is 5.75 Å². The normalized spacial score (nSPS) is 10.7. The number of nitrogens with zero attached hydrogens (tertiary/aromatic N) is 1. The van der Waals surface area contributed by atoms with Gasteiger partial charge < -0.3 is 19.3 Å². The number of hydrogen-bond donors (Lipinski definition) is 2. The minimum atomic E-state index is 0.574. The Balaban J connectivity index is 1.87. The maximum Gasteiger partial charge on any atom is 0.187 e. The lowest BCUT2D eigenvalue weighted by Crippen LogP contribution is -2.00. The first-order valence-corrected chi connectivity index (χ1v) is 8.89. The summed E-state index contributed by atoms with van der Waals surface area (Å²) in [5.41, 5.74) is 1.44. The van der Waals surface area contributed by atoms with Gasteiger partial charge in [-0.1, -0.05) is 34.4 Å². The second-order valence-electron chi connectivity index (χ2n) is 5.03. The fourth-order valence-corrected chi connectivity index (χ4v) is 3.36. The highest BCUT2D eigenvalue weighted by Gasteiger charge is 2.14. The van der Waals surface area contributed by atoms with E-state index in [2.05, 4.69) is 21.8 Å². The van der Waals surface area contributed by atoms with Gasteiger partial charge in [-0.15, -0.1) is 6.58 Å². The molecule has 0 aliphatic carbocycles. The summed E-state index contributed by atoms with van der Waals surface area (Å²) in [7, 11) is 1.61. The van der Waals surface area contributed by atoms with E-state index in [0.717, 1.165) is 16.0 Å². The van der Waals surface area contributed by atoms with E-state index in [0.29, 0.717) is 33.7 Å². The monoisotopic (exact) mass is 395 g/mol. The van der Waals surface area contributed by atoms with Gasteiger partial charge in [-0.3, -0.25) is 0 Å². The highest BCUT2D eigenvalue weighted by atomic mass is 35.5. The smallest absolute Gasteiger partial charge is 0.187 e. The SMILES string of the molecule is C=CCNc1cc2onc(NSc3cc(Cl)ccc3Cl)c2cc1OC. The van der Waals surface area contributed by atoms with E-state index in [1.165, 1.54) is 11.9 Å². The predicted octanol–water partition coefficient (Wildman–Crippen LogP) is 5.86. The highest BCUT2D eigenvalue weighted by molar-refractivity contribution is 8.00. The predicted molar refractivity (Wildman–Crippen MR) is 105 cm³/mol. The minimum Gasteiger partial charge on any atom is -0.495 e. The van der Waals surface area contributed by atoms with Gasteiger partial charge in [0.1, 0.15) is 5.75 Å². The van der Waals surface area contributed by atoms with Gasteiger partial charge in [-0.05, 0) is 36.2 Å². The Kier molecular flexibility index (Phi) is 5.63. The molecule has 0 atom stereocenters. The second kappa shape index (κ2) is 7.91. The molecule has 0 unspecified atom stereocenters. The first-order valence-electron chi connectivity index (χ1n) is 7.32. The molecule has 3 rings (SSSR count). The van der Waals surface area contributed by atoms with Gasteiger partial charge in [0.25, 0.3) is 0 Å². The van der Waals surface area contributed by atoms with Gasteiger partial charge >= 0.3 is 0 Å². The van der Waals surface area contributed by atoms with E-state index in [1.807, 2.05) is 12.1 Å². The lowest BCUT2D eigenvalue weighted by Gasteiger charge is -2.10. The Bertz CT molecular complexity index is 914. The molecule has 0 saturated heterocycles. The van der Waals surface area contributed by atoms with Gasteiger partial charge in [-0.2, -0.15) is 0 Å². The van der Waals surface area contributed by atoms with E-state index in [9.17, 15) is 0 Å². The van der Waals surface area contributed by atoms with E-state index in [1.54, 1.807) is 31.4 Å². The van der Waals surface area contributed by atoms with Gasteiger partial charge in [0, 0.05) is 22.5 Å². The number of methoxy groups -OCH3 is 1. The van der Waals surface area contributed by atoms with Crippen LogP contribution in [0, 0.1) is 0 Å². The van der Waals surface area contributed by atoms with Crippen molar-refractivity contribution in [2.75, 3.05) is 23.7 Å². The van der Waals surface area contributed by atoms with Crippen LogP contribution in [-0.4, -0.2) is 18.8 Å². The van der Waals surface area contributed by atoms with E-state index in [-0.39, 0.29) is 0 Å².